The maximum absolute atomic E-state index is 12.0. The minimum atomic E-state index is -0.352. The van der Waals surface area contributed by atoms with E-state index in [9.17, 15) is 14.7 Å². The van der Waals surface area contributed by atoms with Crippen molar-refractivity contribution < 1.29 is 9.90 Å². The number of nitrogens with zero attached hydrogens (tertiary/aromatic N) is 1. The molecule has 0 fully saturated rings. The van der Waals surface area contributed by atoms with Crippen LogP contribution in [0.4, 0.5) is 0 Å². The second-order valence-electron chi connectivity index (χ2n) is 4.87. The summed E-state index contributed by atoms with van der Waals surface area (Å²) in [7, 11) is 0. The lowest BCUT2D eigenvalue weighted by atomic mass is 10.1. The van der Waals surface area contributed by atoms with Crippen LogP contribution in [-0.4, -0.2) is 28.2 Å². The maximum atomic E-state index is 12.0. The van der Waals surface area contributed by atoms with Gasteiger partial charge in [0, 0.05) is 11.1 Å². The van der Waals surface area contributed by atoms with Gasteiger partial charge in [0.05, 0.1) is 12.6 Å². The fourth-order valence-electron chi connectivity index (χ4n) is 2.07. The fraction of sp³-hybridized carbons (Fsp3) is 0.333. The van der Waals surface area contributed by atoms with Crippen LogP contribution in [0.1, 0.15) is 11.3 Å². The monoisotopic (exact) mass is 306 g/mol. The first-order chi connectivity index (χ1) is 10.1. The Balaban J connectivity index is 1.95. The number of carbonyl (C=O) groups is 1. The average molecular weight is 306 g/mol. The number of carbonyl (C=O) groups excluding carboxylic acids is 1. The van der Waals surface area contributed by atoms with Crippen LogP contribution in [-0.2, 0) is 17.8 Å². The number of aryl methyl sites for hydroxylation is 1. The highest BCUT2D eigenvalue weighted by atomic mass is 32.1. The summed E-state index contributed by atoms with van der Waals surface area (Å²) in [6.07, 6.45) is 0.556. The molecule has 0 saturated carbocycles. The molecular weight excluding hydrogens is 288 g/mol. The molecule has 1 aromatic heterocycles. The standard InChI is InChI=1S/C15H18N2O3S/c1-11-10-21-15(20)17(11)8-14(19)16-13(9-18)7-12-5-3-2-4-6-12/h2-6,10,13,18H,7-9H2,1H3,(H,16,19)/t13-/m0/s1. The Labute approximate surface area is 126 Å². The van der Waals surface area contributed by atoms with Crippen molar-refractivity contribution >= 4 is 17.2 Å². The van der Waals surface area contributed by atoms with Crippen molar-refractivity contribution in [2.45, 2.75) is 25.9 Å². The molecule has 21 heavy (non-hydrogen) atoms. The smallest absolute Gasteiger partial charge is 0.307 e. The first-order valence-electron chi connectivity index (χ1n) is 6.69. The van der Waals surface area contributed by atoms with E-state index < -0.39 is 0 Å². The highest BCUT2D eigenvalue weighted by Crippen LogP contribution is 2.04. The maximum Gasteiger partial charge on any atom is 0.307 e. The van der Waals surface area contributed by atoms with Gasteiger partial charge in [0.2, 0.25) is 5.91 Å². The largest absolute Gasteiger partial charge is 0.394 e. The molecule has 1 amide bonds. The Morgan fingerprint density at radius 2 is 2.10 bits per heavy atom. The number of rotatable bonds is 6. The molecule has 0 radical (unpaired) electrons. The summed E-state index contributed by atoms with van der Waals surface area (Å²) >= 11 is 1.08. The zero-order valence-electron chi connectivity index (χ0n) is 11.8. The first-order valence-corrected chi connectivity index (χ1v) is 7.57. The van der Waals surface area contributed by atoms with Gasteiger partial charge in [-0.3, -0.25) is 14.2 Å². The number of hydrogen-bond donors (Lipinski definition) is 2. The third kappa shape index (κ3) is 4.27. The molecule has 0 spiro atoms. The number of aromatic nitrogens is 1. The summed E-state index contributed by atoms with van der Waals surface area (Å²) in [5, 5.41) is 13.9. The van der Waals surface area contributed by atoms with E-state index in [-0.39, 0.29) is 30.0 Å². The lowest BCUT2D eigenvalue weighted by molar-refractivity contribution is -0.122. The van der Waals surface area contributed by atoms with Crippen molar-refractivity contribution in [1.29, 1.82) is 0 Å². The molecule has 0 aliphatic rings. The number of amides is 1. The molecule has 0 unspecified atom stereocenters. The Bertz CT molecular complexity index is 648. The number of benzene rings is 1. The van der Waals surface area contributed by atoms with Crippen molar-refractivity contribution in [3.63, 3.8) is 0 Å². The van der Waals surface area contributed by atoms with Gasteiger partial charge < -0.3 is 10.4 Å². The van der Waals surface area contributed by atoms with Crippen molar-refractivity contribution in [2.24, 2.45) is 0 Å². The predicted molar refractivity (Wildman–Crippen MR) is 82.5 cm³/mol. The van der Waals surface area contributed by atoms with Crippen LogP contribution >= 0.6 is 11.3 Å². The Hall–Kier alpha value is -1.92. The van der Waals surface area contributed by atoms with Crippen LogP contribution in [0.15, 0.2) is 40.5 Å². The zero-order valence-corrected chi connectivity index (χ0v) is 12.6. The summed E-state index contributed by atoms with van der Waals surface area (Å²) in [6, 6.07) is 9.29. The van der Waals surface area contributed by atoms with Gasteiger partial charge in [-0.1, -0.05) is 41.7 Å². The highest BCUT2D eigenvalue weighted by Gasteiger charge is 2.14. The summed E-state index contributed by atoms with van der Waals surface area (Å²) in [6.45, 7) is 1.64. The molecule has 2 aromatic rings. The van der Waals surface area contributed by atoms with Gasteiger partial charge >= 0.3 is 4.87 Å². The molecule has 0 saturated heterocycles. The van der Waals surface area contributed by atoms with E-state index in [1.54, 1.807) is 12.3 Å². The minimum absolute atomic E-state index is 0.0144. The normalized spacial score (nSPS) is 12.1. The molecule has 0 aliphatic carbocycles. The number of aliphatic hydroxyl groups excluding tert-OH is 1. The molecule has 1 atom stereocenters. The fourth-order valence-corrected chi connectivity index (χ4v) is 2.81. The lowest BCUT2D eigenvalue weighted by Crippen LogP contribution is -2.41. The summed E-state index contributed by atoms with van der Waals surface area (Å²) in [5.74, 6) is -0.270. The lowest BCUT2D eigenvalue weighted by Gasteiger charge is -2.16. The molecule has 0 aliphatic heterocycles. The van der Waals surface area contributed by atoms with Crippen molar-refractivity contribution in [2.75, 3.05) is 6.61 Å². The van der Waals surface area contributed by atoms with Crippen LogP contribution in [0.2, 0.25) is 0 Å². The summed E-state index contributed by atoms with van der Waals surface area (Å²) in [5.41, 5.74) is 1.81. The van der Waals surface area contributed by atoms with Crippen molar-refractivity contribution in [3.8, 4) is 0 Å². The number of hydrogen-bond acceptors (Lipinski definition) is 4. The quantitative estimate of drug-likeness (QED) is 0.834. The van der Waals surface area contributed by atoms with Gasteiger partial charge in [-0.25, -0.2) is 0 Å². The highest BCUT2D eigenvalue weighted by molar-refractivity contribution is 7.07. The van der Waals surface area contributed by atoms with Crippen LogP contribution in [0, 0.1) is 6.92 Å². The van der Waals surface area contributed by atoms with Gasteiger partial charge in [0.15, 0.2) is 0 Å². The Kier molecular flexibility index (Phi) is 5.30. The van der Waals surface area contributed by atoms with E-state index >= 15 is 0 Å². The van der Waals surface area contributed by atoms with Crippen LogP contribution in [0.25, 0.3) is 0 Å². The van der Waals surface area contributed by atoms with E-state index in [2.05, 4.69) is 5.32 Å². The van der Waals surface area contributed by atoms with E-state index in [1.807, 2.05) is 30.3 Å². The van der Waals surface area contributed by atoms with Crippen LogP contribution in [0.5, 0.6) is 0 Å². The summed E-state index contributed by atoms with van der Waals surface area (Å²) < 4.78 is 1.43. The third-order valence-corrected chi connectivity index (χ3v) is 4.07. The van der Waals surface area contributed by atoms with Gasteiger partial charge in [-0.05, 0) is 18.9 Å². The van der Waals surface area contributed by atoms with E-state index in [0.717, 1.165) is 22.6 Å². The van der Waals surface area contributed by atoms with Crippen LogP contribution in [0.3, 0.4) is 0 Å². The average Bonchev–Trinajstić information content (AvgIpc) is 2.79. The Morgan fingerprint density at radius 3 is 2.67 bits per heavy atom. The van der Waals surface area contributed by atoms with Gasteiger partial charge in [0.1, 0.15) is 6.54 Å². The molecular formula is C15H18N2O3S. The predicted octanol–water partition coefficient (Wildman–Crippen LogP) is 0.938. The summed E-state index contributed by atoms with van der Waals surface area (Å²) in [4.78, 5) is 23.4. The van der Waals surface area contributed by atoms with E-state index in [1.165, 1.54) is 4.57 Å². The van der Waals surface area contributed by atoms with Gasteiger partial charge in [-0.2, -0.15) is 0 Å². The van der Waals surface area contributed by atoms with Gasteiger partial charge in [-0.15, -0.1) is 0 Å². The SMILES string of the molecule is Cc1csc(=O)n1CC(=O)N[C@H](CO)Cc1ccccc1. The minimum Gasteiger partial charge on any atom is -0.394 e. The number of thiazole rings is 1. The number of nitrogens with one attached hydrogen (secondary N) is 1. The van der Waals surface area contributed by atoms with Crippen LogP contribution < -0.4 is 10.2 Å². The van der Waals surface area contributed by atoms with E-state index in [4.69, 9.17) is 0 Å². The first kappa shape index (κ1) is 15.5. The van der Waals surface area contributed by atoms with Crippen molar-refractivity contribution in [1.82, 2.24) is 9.88 Å². The molecule has 112 valence electrons. The zero-order chi connectivity index (χ0) is 15.2. The molecule has 2 rings (SSSR count). The molecule has 5 nitrogen and oxygen atoms in total. The number of aliphatic hydroxyl groups is 1. The molecule has 1 heterocycles. The topological polar surface area (TPSA) is 71.3 Å². The van der Waals surface area contributed by atoms with E-state index in [0.29, 0.717) is 6.42 Å². The second-order valence-corrected chi connectivity index (χ2v) is 5.69. The molecule has 2 N–H and O–H groups in total. The third-order valence-electron chi connectivity index (χ3n) is 3.19. The molecule has 6 heteroatoms. The van der Waals surface area contributed by atoms with Gasteiger partial charge in [0.25, 0.3) is 0 Å². The molecule has 0 bridgehead atoms. The Morgan fingerprint density at radius 1 is 1.38 bits per heavy atom. The molecule has 1 aromatic carbocycles. The van der Waals surface area contributed by atoms with Crippen molar-refractivity contribution in [3.05, 3.63) is 56.6 Å². The second kappa shape index (κ2) is 7.19.